The number of aromatic nitrogens is 1. The predicted molar refractivity (Wildman–Crippen MR) is 81.4 cm³/mol. The first-order valence-electron chi connectivity index (χ1n) is 7.70. The fraction of sp³-hybridized carbons (Fsp3) is 0.688. The zero-order valence-corrected chi connectivity index (χ0v) is 13.1. The van der Waals surface area contributed by atoms with E-state index in [1.165, 1.54) is 12.3 Å². The Labute approximate surface area is 126 Å². The number of pyridine rings is 1. The molecule has 0 aliphatic carbocycles. The van der Waals surface area contributed by atoms with Crippen LogP contribution in [0.25, 0.3) is 0 Å². The maximum Gasteiger partial charge on any atom is 0.141 e. The molecule has 0 amide bonds. The first-order chi connectivity index (χ1) is 10.1. The Morgan fingerprint density at radius 3 is 2.86 bits per heavy atom. The predicted octanol–water partition coefficient (Wildman–Crippen LogP) is 1.82. The van der Waals surface area contributed by atoms with Crippen LogP contribution in [0, 0.1) is 17.7 Å². The monoisotopic (exact) mass is 295 g/mol. The number of halogens is 1. The van der Waals surface area contributed by atoms with Gasteiger partial charge in [0.05, 0.1) is 24.5 Å². The second-order valence-electron chi connectivity index (χ2n) is 6.16. The second kappa shape index (κ2) is 7.29. The molecule has 2 N–H and O–H groups in total. The van der Waals surface area contributed by atoms with Gasteiger partial charge in [0, 0.05) is 12.6 Å². The van der Waals surface area contributed by atoms with E-state index in [9.17, 15) is 9.50 Å². The minimum Gasteiger partial charge on any atom is -0.395 e. The van der Waals surface area contributed by atoms with Crippen LogP contribution in [-0.4, -0.2) is 47.8 Å². The van der Waals surface area contributed by atoms with Gasteiger partial charge in [-0.3, -0.25) is 9.88 Å². The average Bonchev–Trinajstić information content (AvgIpc) is 2.82. The van der Waals surface area contributed by atoms with Gasteiger partial charge >= 0.3 is 0 Å². The van der Waals surface area contributed by atoms with Crippen molar-refractivity contribution in [3.63, 3.8) is 0 Å². The van der Waals surface area contributed by atoms with Crippen molar-refractivity contribution in [3.8, 4) is 0 Å². The van der Waals surface area contributed by atoms with E-state index >= 15 is 0 Å². The van der Waals surface area contributed by atoms with Crippen LogP contribution < -0.4 is 5.32 Å². The molecule has 5 heteroatoms. The topological polar surface area (TPSA) is 48.4 Å². The van der Waals surface area contributed by atoms with Gasteiger partial charge in [0.15, 0.2) is 0 Å². The highest BCUT2D eigenvalue weighted by atomic mass is 19.1. The van der Waals surface area contributed by atoms with Crippen LogP contribution >= 0.6 is 0 Å². The van der Waals surface area contributed by atoms with Crippen molar-refractivity contribution in [2.24, 2.45) is 11.8 Å². The Bertz CT molecular complexity index is 440. The highest BCUT2D eigenvalue weighted by molar-refractivity contribution is 5.11. The summed E-state index contributed by atoms with van der Waals surface area (Å²) >= 11 is 0. The summed E-state index contributed by atoms with van der Waals surface area (Å²) in [6.45, 7) is 6.52. The summed E-state index contributed by atoms with van der Waals surface area (Å²) in [5, 5.41) is 12.8. The van der Waals surface area contributed by atoms with Crippen LogP contribution in [0.5, 0.6) is 0 Å². The number of aliphatic hydroxyl groups excluding tert-OH is 1. The summed E-state index contributed by atoms with van der Waals surface area (Å²) < 4.78 is 13.0. The molecule has 1 saturated heterocycles. The summed E-state index contributed by atoms with van der Waals surface area (Å²) in [5.41, 5.74) is 0.860. The second-order valence-corrected chi connectivity index (χ2v) is 6.16. The van der Waals surface area contributed by atoms with E-state index in [0.717, 1.165) is 25.2 Å². The van der Waals surface area contributed by atoms with Crippen molar-refractivity contribution < 1.29 is 9.50 Å². The molecule has 21 heavy (non-hydrogen) atoms. The minimum absolute atomic E-state index is 0.0841. The van der Waals surface area contributed by atoms with Crippen molar-refractivity contribution >= 4 is 0 Å². The zero-order valence-electron chi connectivity index (χ0n) is 13.1. The van der Waals surface area contributed by atoms with E-state index in [-0.39, 0.29) is 24.5 Å². The lowest BCUT2D eigenvalue weighted by Crippen LogP contribution is -2.40. The van der Waals surface area contributed by atoms with Crippen LogP contribution in [0.3, 0.4) is 0 Å². The Morgan fingerprint density at radius 2 is 2.29 bits per heavy atom. The molecular weight excluding hydrogens is 269 g/mol. The lowest BCUT2D eigenvalue weighted by atomic mass is 9.97. The van der Waals surface area contributed by atoms with Crippen molar-refractivity contribution in [2.45, 2.75) is 32.4 Å². The molecule has 0 spiro atoms. The molecule has 2 heterocycles. The molecule has 4 nitrogen and oxygen atoms in total. The van der Waals surface area contributed by atoms with Gasteiger partial charge in [-0.05, 0) is 44.0 Å². The quantitative estimate of drug-likeness (QED) is 0.840. The largest absolute Gasteiger partial charge is 0.395 e. The summed E-state index contributed by atoms with van der Waals surface area (Å²) in [6, 6.07) is 3.53. The van der Waals surface area contributed by atoms with E-state index < -0.39 is 0 Å². The number of likely N-dealkylation sites (tertiary alicyclic amines) is 1. The molecule has 2 rings (SSSR count). The Morgan fingerprint density at radius 1 is 1.52 bits per heavy atom. The van der Waals surface area contributed by atoms with Gasteiger partial charge in [0.1, 0.15) is 5.82 Å². The fourth-order valence-corrected chi connectivity index (χ4v) is 3.38. The summed E-state index contributed by atoms with van der Waals surface area (Å²) in [5.74, 6) is 0.557. The van der Waals surface area contributed by atoms with Gasteiger partial charge in [-0.1, -0.05) is 13.8 Å². The van der Waals surface area contributed by atoms with Crippen LogP contribution in [-0.2, 0) is 0 Å². The van der Waals surface area contributed by atoms with Gasteiger partial charge in [-0.2, -0.15) is 0 Å². The molecule has 1 aliphatic rings. The van der Waals surface area contributed by atoms with Crippen molar-refractivity contribution in [2.75, 3.05) is 26.7 Å². The summed E-state index contributed by atoms with van der Waals surface area (Å²) in [4.78, 5) is 6.56. The van der Waals surface area contributed by atoms with Crippen molar-refractivity contribution in [1.82, 2.24) is 15.2 Å². The molecule has 0 saturated carbocycles. The Hall–Kier alpha value is -1.04. The van der Waals surface area contributed by atoms with E-state index in [2.05, 4.69) is 29.0 Å². The first kappa shape index (κ1) is 16.3. The number of hydrogen-bond donors (Lipinski definition) is 2. The molecule has 1 aliphatic heterocycles. The van der Waals surface area contributed by atoms with Gasteiger partial charge in [-0.25, -0.2) is 4.39 Å². The number of hydrogen-bond acceptors (Lipinski definition) is 4. The number of nitrogens with zero attached hydrogens (tertiary/aromatic N) is 2. The number of aliphatic hydroxyl groups is 1. The van der Waals surface area contributed by atoms with Gasteiger partial charge in [-0.15, -0.1) is 0 Å². The molecule has 4 unspecified atom stereocenters. The van der Waals surface area contributed by atoms with E-state index in [4.69, 9.17) is 0 Å². The summed E-state index contributed by atoms with van der Waals surface area (Å²) in [7, 11) is 1.91. The SMILES string of the molecule is CNC(c1ccc(F)cn1)C(C)CN1CCC(C)C1CO. The third-order valence-electron chi connectivity index (χ3n) is 4.66. The maximum atomic E-state index is 13.0. The third kappa shape index (κ3) is 3.78. The molecule has 1 aromatic rings. The van der Waals surface area contributed by atoms with E-state index in [1.807, 2.05) is 7.05 Å². The van der Waals surface area contributed by atoms with Crippen LogP contribution in [0.2, 0.25) is 0 Å². The van der Waals surface area contributed by atoms with Gasteiger partial charge in [0.2, 0.25) is 0 Å². The molecule has 0 aromatic carbocycles. The Balaban J connectivity index is 2.03. The molecule has 1 aromatic heterocycles. The highest BCUT2D eigenvalue weighted by Gasteiger charge is 2.32. The van der Waals surface area contributed by atoms with Crippen molar-refractivity contribution in [1.29, 1.82) is 0 Å². The van der Waals surface area contributed by atoms with Gasteiger partial charge in [0.25, 0.3) is 0 Å². The Kier molecular flexibility index (Phi) is 5.67. The zero-order chi connectivity index (χ0) is 15.4. The van der Waals surface area contributed by atoms with E-state index in [1.54, 1.807) is 6.07 Å². The highest BCUT2D eigenvalue weighted by Crippen LogP contribution is 2.27. The molecule has 0 radical (unpaired) electrons. The van der Waals surface area contributed by atoms with Gasteiger partial charge < -0.3 is 10.4 Å². The van der Waals surface area contributed by atoms with Crippen LogP contribution in [0.1, 0.15) is 32.0 Å². The standard InChI is InChI=1S/C16H26FN3O/c1-11-6-7-20(15(11)10-21)9-12(2)16(18-3)14-5-4-13(17)8-19-14/h4-5,8,11-12,15-16,18,21H,6-7,9-10H2,1-3H3. The van der Waals surface area contributed by atoms with Crippen molar-refractivity contribution in [3.05, 3.63) is 29.8 Å². The average molecular weight is 295 g/mol. The third-order valence-corrected chi connectivity index (χ3v) is 4.66. The molecular formula is C16H26FN3O. The molecule has 118 valence electrons. The molecule has 1 fully saturated rings. The number of nitrogens with one attached hydrogen (secondary N) is 1. The maximum absolute atomic E-state index is 13.0. The summed E-state index contributed by atoms with van der Waals surface area (Å²) in [6.07, 6.45) is 2.40. The van der Waals surface area contributed by atoms with Crippen LogP contribution in [0.4, 0.5) is 4.39 Å². The lowest BCUT2D eigenvalue weighted by Gasteiger charge is -2.31. The van der Waals surface area contributed by atoms with E-state index in [0.29, 0.717) is 11.8 Å². The minimum atomic E-state index is -0.310. The molecule has 0 bridgehead atoms. The lowest BCUT2D eigenvalue weighted by molar-refractivity contribution is 0.119. The smallest absolute Gasteiger partial charge is 0.141 e. The fourth-order valence-electron chi connectivity index (χ4n) is 3.38. The normalized spacial score (nSPS) is 26.0. The number of rotatable bonds is 6. The van der Waals surface area contributed by atoms with Crippen LogP contribution in [0.15, 0.2) is 18.3 Å². The first-order valence-corrected chi connectivity index (χ1v) is 7.70. The molecule has 4 atom stereocenters.